The van der Waals surface area contributed by atoms with Gasteiger partial charge in [0.25, 0.3) is 0 Å². The molecule has 2 fully saturated rings. The van der Waals surface area contributed by atoms with Crippen molar-refractivity contribution < 1.29 is 112 Å². The normalized spacial score (nSPS) is 20.8. The second-order valence-electron chi connectivity index (χ2n) is 29.3. The van der Waals surface area contributed by atoms with Gasteiger partial charge < -0.3 is 133 Å². The summed E-state index contributed by atoms with van der Waals surface area (Å²) in [7, 11) is 1.78. The van der Waals surface area contributed by atoms with E-state index in [0.717, 1.165) is 59.0 Å². The highest BCUT2D eigenvalue weighted by molar-refractivity contribution is 8.76. The molecule has 0 saturated carbocycles. The van der Waals surface area contributed by atoms with Gasteiger partial charge in [0.05, 0.1) is 38.4 Å². The molecule has 4 rings (SSSR count). The van der Waals surface area contributed by atoms with Crippen molar-refractivity contribution in [2.24, 2.45) is 39.8 Å². The molecule has 2 aliphatic heterocycles. The number of nitrogens with two attached hydrogens (primary N) is 4. The van der Waals surface area contributed by atoms with Crippen LogP contribution in [0.25, 0.3) is 0 Å². The molecule has 28 N–H and O–H groups in total. The van der Waals surface area contributed by atoms with Gasteiger partial charge in [0.15, 0.2) is 5.96 Å². The van der Waals surface area contributed by atoms with Crippen molar-refractivity contribution >= 4 is 140 Å². The Bertz CT molecular complexity index is 3910. The maximum atomic E-state index is 14.7. The number of guanidine groups is 1. The van der Waals surface area contributed by atoms with Crippen molar-refractivity contribution in [3.8, 4) is 5.75 Å². The lowest BCUT2D eigenvalue weighted by molar-refractivity contribution is -0.144. The molecule has 2 aromatic carbocycles. The van der Waals surface area contributed by atoms with Gasteiger partial charge in [-0.3, -0.25) is 86.5 Å². The van der Waals surface area contributed by atoms with E-state index in [4.69, 9.17) is 22.9 Å². The van der Waals surface area contributed by atoms with Crippen molar-refractivity contribution in [2.75, 3.05) is 50.1 Å². The minimum absolute atomic E-state index is 0.0141. The van der Waals surface area contributed by atoms with Crippen molar-refractivity contribution in [3.05, 3.63) is 65.7 Å². The van der Waals surface area contributed by atoms with Crippen LogP contribution in [0.5, 0.6) is 5.75 Å². The number of phenols is 1. The molecule has 16 amide bonds. The fraction of sp³-hybridized carbons (Fsp3) is 0.595. The average molecular weight is 1750 g/mol. The number of aliphatic hydroxyl groups is 4. The topological polar surface area (TPSA) is 700 Å². The summed E-state index contributed by atoms with van der Waals surface area (Å²) in [6.07, 6.45) is -4.37. The summed E-state index contributed by atoms with van der Waals surface area (Å²) in [5.41, 5.74) is 23.1. The van der Waals surface area contributed by atoms with Crippen molar-refractivity contribution in [1.29, 1.82) is 0 Å². The molecule has 2 saturated heterocycles. The lowest BCUT2D eigenvalue weighted by atomic mass is 10.0. The van der Waals surface area contributed by atoms with Gasteiger partial charge in [0.2, 0.25) is 94.5 Å². The number of amides is 16. The fourth-order valence-corrected chi connectivity index (χ4v) is 15.7. The number of hydrogen-bond acceptors (Lipinski definition) is 27. The Morgan fingerprint density at radius 2 is 1.17 bits per heavy atom. The number of aliphatic hydroxyl groups excluding tert-OH is 4. The number of nitrogens with one attached hydrogen (secondary N) is 14. The summed E-state index contributed by atoms with van der Waals surface area (Å²) in [5.74, 6) is -20.5. The predicted octanol–water partition coefficient (Wildman–Crippen LogP) is -8.11. The summed E-state index contributed by atoms with van der Waals surface area (Å²) in [6.45, 7) is 8.42. The van der Waals surface area contributed by atoms with Crippen LogP contribution in [0.15, 0.2) is 59.6 Å². The Balaban J connectivity index is 1.61. The lowest BCUT2D eigenvalue weighted by Crippen LogP contribution is -2.63. The summed E-state index contributed by atoms with van der Waals surface area (Å²) in [6, 6.07) is -9.16. The van der Waals surface area contributed by atoms with Gasteiger partial charge in [-0.15, -0.1) is 11.8 Å². The number of carboxylic acids is 1. The number of aliphatic carboxylic acids is 1. The highest BCUT2D eigenvalue weighted by Crippen LogP contribution is 2.30. The van der Waals surface area contributed by atoms with Crippen LogP contribution in [0.2, 0.25) is 0 Å². The first-order valence-electron chi connectivity index (χ1n) is 38.6. The van der Waals surface area contributed by atoms with Crippen molar-refractivity contribution in [2.45, 2.75) is 215 Å². The largest absolute Gasteiger partial charge is 0.508 e. The van der Waals surface area contributed by atoms with E-state index < -0.39 is 235 Å². The van der Waals surface area contributed by atoms with Gasteiger partial charge in [0, 0.05) is 43.6 Å². The number of thioether (sulfide) groups is 1. The fourth-order valence-electron chi connectivity index (χ4n) is 12.1. The first-order valence-corrected chi connectivity index (χ1v) is 42.2. The third kappa shape index (κ3) is 34.2. The molecule has 666 valence electrons. The molecular weight excluding hydrogens is 1630 g/mol. The van der Waals surface area contributed by atoms with E-state index in [1.165, 1.54) is 45.0 Å². The number of unbranched alkanes of at least 4 members (excludes halogenated alkanes) is 1. The van der Waals surface area contributed by atoms with Gasteiger partial charge >= 0.3 is 5.97 Å². The van der Waals surface area contributed by atoms with Crippen LogP contribution in [0, 0.1) is 11.8 Å². The third-order valence-electron chi connectivity index (χ3n) is 18.5. The molecule has 0 radical (unpaired) electrons. The van der Waals surface area contributed by atoms with Crippen LogP contribution in [0.1, 0.15) is 111 Å². The van der Waals surface area contributed by atoms with Crippen molar-refractivity contribution in [1.82, 2.24) is 79.3 Å². The van der Waals surface area contributed by atoms with Gasteiger partial charge in [-0.2, -0.15) is 0 Å². The minimum Gasteiger partial charge on any atom is -0.508 e. The Hall–Kier alpha value is -10.7. The number of hydrogen-bond donors (Lipinski definition) is 24. The molecule has 43 nitrogen and oxygen atoms in total. The minimum atomic E-state index is -1.94. The second kappa shape index (κ2) is 51.1. The van der Waals surface area contributed by atoms with Crippen LogP contribution in [-0.4, -0.2) is 294 Å². The van der Waals surface area contributed by atoms with Gasteiger partial charge in [-0.25, -0.2) is 0 Å². The number of carboxylic acid groups (broad SMARTS) is 1. The van der Waals surface area contributed by atoms with Crippen LogP contribution in [0.4, 0.5) is 0 Å². The maximum absolute atomic E-state index is 14.7. The molecule has 0 spiro atoms. The SMILES string of the molecule is CC(=O)N[C@H]1CSSC[C@@H](C(=O)N[C@H](C(=O)N[C@@H](CCCN=C(N)N)C(=O)N[C@@H](C)C(=O)N2C(CO)SC[C@H]2C(=O)N[C@H](C(=O)N[C@@H](Cc2ccccc2)C(=O)N[C@@H](CC(=O)O)C(=O)N[C@@H](CC(C)C)C(=O)N[C@@H](CCCCN)C(N)=O)[C@@H](C)O)C(C)C)NC(=O)CNC(=O)[C@H](CO)NC(=O)[C@H]([C@@H](C)O)NC(=O)[C@H](Cc2ccc(O)cc2)NC1=O. The Morgan fingerprint density at radius 3 is 1.75 bits per heavy atom. The Kier molecular flexibility index (Phi) is 43.3. The zero-order chi connectivity index (χ0) is 89.8. The molecular formula is C74H114N20O23S3. The second-order valence-corrected chi connectivity index (χ2v) is 33.1. The Labute approximate surface area is 704 Å². The van der Waals surface area contributed by atoms with E-state index in [0.29, 0.717) is 30.5 Å². The number of aliphatic imine (C=N–C) groups is 1. The first-order chi connectivity index (χ1) is 56.6. The standard InChI is InChI=1S/C74H114N20O23S3/c1-35(2)25-46(63(107)84-44(60(76)104)17-12-13-23-75)86-65(109)49(28-56(102)103)88-64(108)47(26-41-15-10-9-11-16-41)89-71(115)59(39(7)98)93-69(113)53-34-118-55(31-96)94(53)73(117)37(5)81-62(106)45(18-14-24-79-74(77)78)85-70(114)57(36(3)4)91-68(112)52-33-120-119-32-51(82-40(8)99)67(111)87-48(27-42-19-21-43(100)22-20-42)66(110)92-58(38(6)97)72(116)90-50(30-95)61(105)80-29-54(101)83-52/h9-11,15-16,19-22,35-39,44-53,55,57-59,95-98,100H,12-14,17-18,23-34,75H2,1-8H3,(H2,76,104)(H,80,105)(H,81,106)(H,82,99)(H,83,101)(H,84,107)(H,85,114)(H,86,109)(H,87,111)(H,88,108)(H,89,115)(H,90,116)(H,91,112)(H,92,110)(H,93,113)(H,102,103)(H4,77,78,79)/t37-,38+,39+,44-,45-,46-,47-,48-,49-,50-,51-,52-,53-,55?,57-,58-,59-/m0/s1. The van der Waals surface area contributed by atoms with Crippen molar-refractivity contribution in [3.63, 3.8) is 0 Å². The zero-order valence-electron chi connectivity index (χ0n) is 67.7. The third-order valence-corrected chi connectivity index (χ3v) is 22.2. The van der Waals surface area contributed by atoms with E-state index in [2.05, 4.69) is 79.4 Å². The van der Waals surface area contributed by atoms with E-state index in [-0.39, 0.29) is 80.0 Å². The number of carbonyl (C=O) groups excluding carboxylic acids is 16. The summed E-state index contributed by atoms with van der Waals surface area (Å²) >= 11 is 0.913. The number of phenolic OH excluding ortho intramolecular Hbond substituents is 1. The quantitative estimate of drug-likeness (QED) is 0.0128. The zero-order valence-corrected chi connectivity index (χ0v) is 70.2. The van der Waals surface area contributed by atoms with E-state index >= 15 is 0 Å². The molecule has 2 heterocycles. The maximum Gasteiger partial charge on any atom is 0.305 e. The molecule has 17 atom stereocenters. The number of rotatable bonds is 40. The number of carbonyl (C=O) groups is 17. The van der Waals surface area contributed by atoms with Crippen LogP contribution >= 0.6 is 33.3 Å². The molecule has 0 bridgehead atoms. The van der Waals surface area contributed by atoms with Crippen LogP contribution in [-0.2, 0) is 94.3 Å². The number of benzene rings is 2. The summed E-state index contributed by atoms with van der Waals surface area (Å²) < 4.78 is 0. The molecule has 46 heteroatoms. The first kappa shape index (κ1) is 102. The molecule has 2 aromatic rings. The average Bonchev–Trinajstić information content (AvgIpc) is 1.65. The molecule has 1 unspecified atom stereocenters. The van der Waals surface area contributed by atoms with Crippen LogP contribution in [0.3, 0.4) is 0 Å². The van der Waals surface area contributed by atoms with E-state index in [1.807, 2.05) is 0 Å². The van der Waals surface area contributed by atoms with Gasteiger partial charge in [-0.1, -0.05) is 91.7 Å². The molecule has 120 heavy (non-hydrogen) atoms. The predicted molar refractivity (Wildman–Crippen MR) is 439 cm³/mol. The lowest BCUT2D eigenvalue weighted by Gasteiger charge is -2.32. The molecule has 2 aliphatic rings. The summed E-state index contributed by atoms with van der Waals surface area (Å²) in [4.78, 5) is 241. The number of aromatic hydroxyl groups is 1. The van der Waals surface area contributed by atoms with E-state index in [9.17, 15) is 112 Å². The number of primary amides is 1. The van der Waals surface area contributed by atoms with Crippen LogP contribution < -0.4 is 97.4 Å². The smallest absolute Gasteiger partial charge is 0.305 e. The Morgan fingerprint density at radius 1 is 0.592 bits per heavy atom. The van der Waals surface area contributed by atoms with Gasteiger partial charge in [-0.05, 0) is 101 Å². The van der Waals surface area contributed by atoms with E-state index in [1.54, 1.807) is 44.2 Å². The summed E-state index contributed by atoms with van der Waals surface area (Å²) in [5, 5.41) is 95.5. The highest BCUT2D eigenvalue weighted by Gasteiger charge is 2.46. The molecule has 0 aromatic heterocycles. The monoisotopic (exact) mass is 1750 g/mol. The highest BCUT2D eigenvalue weighted by atomic mass is 33.1. The molecule has 0 aliphatic carbocycles. The van der Waals surface area contributed by atoms with Gasteiger partial charge in [0.1, 0.15) is 95.7 Å². The number of nitrogens with zero attached hydrogens (tertiary/aromatic N) is 2.